The molecule has 2 aliphatic heterocycles. The summed E-state index contributed by atoms with van der Waals surface area (Å²) in [6.45, 7) is 9.94. The van der Waals surface area contributed by atoms with Crippen LogP contribution < -0.4 is 0 Å². The number of benzene rings is 1. The molecule has 1 saturated carbocycles. The zero-order chi connectivity index (χ0) is 19.4. The number of nitrogens with zero attached hydrogens (tertiary/aromatic N) is 3. The van der Waals surface area contributed by atoms with Crippen molar-refractivity contribution in [3.05, 3.63) is 58.9 Å². The summed E-state index contributed by atoms with van der Waals surface area (Å²) < 4.78 is 2.61. The van der Waals surface area contributed by atoms with Crippen LogP contribution in [0.25, 0.3) is 16.2 Å². The molecule has 0 N–H and O–H groups in total. The molecule has 2 fully saturated rings. The Hall–Kier alpha value is 0.701. The molecule has 1 aromatic rings. The minimum atomic E-state index is -1.52. The number of thioether (sulfide) groups is 1. The van der Waals surface area contributed by atoms with Gasteiger partial charge in [0.05, 0.1) is 0 Å². The second-order valence-electron chi connectivity index (χ2n) is 7.85. The van der Waals surface area contributed by atoms with Gasteiger partial charge in [-0.05, 0) is 47.3 Å². The fourth-order valence-corrected chi connectivity index (χ4v) is 10.9. The van der Waals surface area contributed by atoms with Crippen LogP contribution in [0, 0.1) is 13.3 Å². The van der Waals surface area contributed by atoms with Crippen molar-refractivity contribution in [2.24, 2.45) is 5.92 Å². The third-order valence-electron chi connectivity index (χ3n) is 6.19. The van der Waals surface area contributed by atoms with E-state index < -0.39 is 25.3 Å². The molecule has 8 heteroatoms. The Morgan fingerprint density at radius 2 is 1.71 bits per heavy atom. The molecule has 3 aliphatic rings. The van der Waals surface area contributed by atoms with Gasteiger partial charge in [0.15, 0.2) is 0 Å². The van der Waals surface area contributed by atoms with Crippen LogP contribution >= 0.6 is 30.4 Å². The van der Waals surface area contributed by atoms with E-state index in [-0.39, 0.29) is 7.43 Å². The molecule has 1 aromatic carbocycles. The van der Waals surface area contributed by atoms with Gasteiger partial charge in [-0.1, -0.05) is 43.4 Å². The van der Waals surface area contributed by atoms with Gasteiger partial charge in [0.25, 0.3) is 0 Å². The van der Waals surface area contributed by atoms with Gasteiger partial charge in [-0.2, -0.15) is 0 Å². The van der Waals surface area contributed by atoms with Crippen LogP contribution in [0.1, 0.15) is 25.3 Å². The molecule has 0 bridgehead atoms. The summed E-state index contributed by atoms with van der Waals surface area (Å²) in [5.41, 5.74) is 3.91. The first-order chi connectivity index (χ1) is 13.0. The van der Waals surface area contributed by atoms with Gasteiger partial charge in [-0.25, -0.2) is 0 Å². The molecule has 0 aromatic heterocycles. The zero-order valence-electron chi connectivity index (χ0n) is 17.2. The van der Waals surface area contributed by atoms with Gasteiger partial charge in [0, 0.05) is 5.25 Å². The Bertz CT molecular complexity index is 656. The maximum atomic E-state index is 4.89. The average Bonchev–Trinajstić information content (AvgIpc) is 3.21. The maximum absolute atomic E-state index is 4.89. The summed E-state index contributed by atoms with van der Waals surface area (Å²) >= 11 is 1.61. The molecule has 0 radical (unpaired) electrons. The molecule has 28 heavy (non-hydrogen) atoms. The summed E-state index contributed by atoms with van der Waals surface area (Å²) in [4.78, 5) is 1.55. The SMILES string of the molecule is CC1=C(c2ccccc2)C2CCC([Si](C)(C)N3C[N-]C[N-]C3)C2S1.[CH3-].[Cl][Ti+4][Cl]. The van der Waals surface area contributed by atoms with Crippen molar-refractivity contribution in [1.29, 1.82) is 0 Å². The first-order valence-electron chi connectivity index (χ1n) is 9.41. The van der Waals surface area contributed by atoms with Crippen LogP contribution in [0.15, 0.2) is 35.2 Å². The summed E-state index contributed by atoms with van der Waals surface area (Å²) in [6.07, 6.45) is 2.73. The Morgan fingerprint density at radius 1 is 1.11 bits per heavy atom. The summed E-state index contributed by atoms with van der Waals surface area (Å²) in [7, 11) is 8.26. The van der Waals surface area contributed by atoms with Gasteiger partial charge in [-0.15, -0.1) is 25.1 Å². The molecule has 3 atom stereocenters. The van der Waals surface area contributed by atoms with E-state index in [2.05, 4.69) is 77.3 Å². The van der Waals surface area contributed by atoms with Crippen LogP contribution in [-0.2, 0) is 17.0 Å². The van der Waals surface area contributed by atoms with Crippen LogP contribution in [0.5, 0.6) is 0 Å². The second-order valence-corrected chi connectivity index (χ2v) is 16.5. The molecular weight excluding hydrogens is 461 g/mol. The topological polar surface area (TPSA) is 31.4 Å². The van der Waals surface area contributed by atoms with Gasteiger partial charge in [0.2, 0.25) is 0 Å². The van der Waals surface area contributed by atoms with E-state index in [1.807, 2.05) is 0 Å². The first kappa shape index (κ1) is 25.0. The number of rotatable bonds is 3. The number of hydrogen-bond donors (Lipinski definition) is 0. The Labute approximate surface area is 193 Å². The molecule has 3 nitrogen and oxygen atoms in total. The molecule has 3 unspecified atom stereocenters. The third-order valence-corrected chi connectivity index (χ3v) is 12.3. The van der Waals surface area contributed by atoms with Crippen LogP contribution in [0.3, 0.4) is 0 Å². The molecular formula is C20H30Cl2N3SSiTi+. The predicted molar refractivity (Wildman–Crippen MR) is 126 cm³/mol. The average molecular weight is 491 g/mol. The van der Waals surface area contributed by atoms with Crippen molar-refractivity contribution >= 4 is 44.2 Å². The monoisotopic (exact) mass is 490 g/mol. The van der Waals surface area contributed by atoms with E-state index >= 15 is 0 Å². The van der Waals surface area contributed by atoms with E-state index in [1.54, 1.807) is 10.5 Å². The number of allylic oxidation sites excluding steroid dienone is 2. The fraction of sp³-hybridized carbons (Fsp3) is 0.550. The first-order valence-corrected chi connectivity index (χ1v) is 17.6. The Kier molecular flexibility index (Phi) is 10.1. The molecule has 1 aliphatic carbocycles. The van der Waals surface area contributed by atoms with E-state index in [4.69, 9.17) is 18.6 Å². The van der Waals surface area contributed by atoms with Crippen LogP contribution in [-0.4, -0.2) is 38.1 Å². The number of halogens is 2. The van der Waals surface area contributed by atoms with Gasteiger partial charge in [0.1, 0.15) is 8.24 Å². The van der Waals surface area contributed by atoms with E-state index in [0.29, 0.717) is 6.67 Å². The van der Waals surface area contributed by atoms with Gasteiger partial charge in [-0.3, -0.25) is 6.67 Å². The Morgan fingerprint density at radius 3 is 2.32 bits per heavy atom. The molecule has 4 rings (SSSR count). The number of hydrogen-bond acceptors (Lipinski definition) is 2. The summed E-state index contributed by atoms with van der Waals surface area (Å²) in [5.74, 6) is 0.743. The normalized spacial score (nSPS) is 27.8. The van der Waals surface area contributed by atoms with E-state index in [1.165, 1.54) is 18.4 Å². The van der Waals surface area contributed by atoms with Crippen molar-refractivity contribution in [1.82, 2.24) is 4.57 Å². The van der Waals surface area contributed by atoms with Crippen molar-refractivity contribution < 1.29 is 17.0 Å². The van der Waals surface area contributed by atoms with Crippen molar-refractivity contribution in [2.75, 3.05) is 20.0 Å². The van der Waals surface area contributed by atoms with E-state index in [0.717, 1.165) is 30.0 Å². The molecule has 1 saturated heterocycles. The van der Waals surface area contributed by atoms with Crippen molar-refractivity contribution in [3.8, 4) is 0 Å². The van der Waals surface area contributed by atoms with Gasteiger partial charge >= 0.3 is 35.6 Å². The fourth-order valence-electron chi connectivity index (χ4n) is 4.81. The van der Waals surface area contributed by atoms with Crippen LogP contribution in [0.2, 0.25) is 18.6 Å². The molecule has 0 amide bonds. The molecule has 2 heterocycles. The summed E-state index contributed by atoms with van der Waals surface area (Å²) in [6, 6.07) is 11.1. The van der Waals surface area contributed by atoms with Crippen molar-refractivity contribution in [3.63, 3.8) is 0 Å². The number of fused-ring (bicyclic) bond motifs is 1. The Balaban J connectivity index is 0.000000660. The van der Waals surface area contributed by atoms with E-state index in [9.17, 15) is 0 Å². The van der Waals surface area contributed by atoms with Crippen LogP contribution in [0.4, 0.5) is 0 Å². The second kappa shape index (κ2) is 11.4. The quantitative estimate of drug-likeness (QED) is 0.329. The predicted octanol–water partition coefficient (Wildman–Crippen LogP) is 7.28. The molecule has 152 valence electrons. The van der Waals surface area contributed by atoms with Gasteiger partial charge < -0.3 is 22.6 Å². The minimum absolute atomic E-state index is 0. The summed E-state index contributed by atoms with van der Waals surface area (Å²) in [5, 5.41) is 9.84. The third kappa shape index (κ3) is 5.30. The van der Waals surface area contributed by atoms with Crippen molar-refractivity contribution in [2.45, 2.75) is 43.7 Å². The standard InChI is InChI=1S/C19H27N3SSi.CH3.2ClH.Ti/c1-14-18(15-7-5-4-6-8-15)16-9-10-17(19(16)23-14)24(2,3)22-12-20-11-21-13-22;;;;/h4-8,16-17,19H,9-13H2,1-3H3;1H3;2*1H;/q-2;-1;;;+6/p-2. The zero-order valence-corrected chi connectivity index (χ0v) is 22.1. The molecule has 0 spiro atoms.